The first-order valence-corrected chi connectivity index (χ1v) is 8.58. The number of unbranched alkanes of at least 4 members (excludes halogenated alkanes) is 1. The highest BCUT2D eigenvalue weighted by atomic mass is 16.3. The molecule has 0 aliphatic rings. The molecule has 0 aromatic heterocycles. The average molecular weight is 302 g/mol. The predicted octanol–water partition coefficient (Wildman–Crippen LogP) is 2.18. The second-order valence-corrected chi connectivity index (χ2v) is 7.07. The fourth-order valence-electron chi connectivity index (χ4n) is 2.78. The normalized spacial score (nSPS) is 15.1. The van der Waals surface area contributed by atoms with E-state index < -0.39 is 0 Å². The van der Waals surface area contributed by atoms with Crippen LogP contribution in [0.4, 0.5) is 0 Å². The fourth-order valence-corrected chi connectivity index (χ4v) is 2.78. The van der Waals surface area contributed by atoms with Crippen molar-refractivity contribution in [2.75, 3.05) is 46.9 Å². The van der Waals surface area contributed by atoms with Gasteiger partial charge >= 0.3 is 0 Å². The van der Waals surface area contributed by atoms with Gasteiger partial charge in [-0.05, 0) is 66.5 Å². The highest BCUT2D eigenvalue weighted by Crippen LogP contribution is 2.14. The molecule has 1 atom stereocenters. The molecule has 0 fully saturated rings. The van der Waals surface area contributed by atoms with Crippen LogP contribution in [-0.4, -0.2) is 73.4 Å². The maximum absolute atomic E-state index is 9.58. The monoisotopic (exact) mass is 301 g/mol. The number of aliphatic hydroxyl groups excluding tert-OH is 1. The number of hydrogen-bond acceptors (Lipinski definition) is 4. The number of rotatable bonds is 13. The molecule has 0 saturated carbocycles. The van der Waals surface area contributed by atoms with Crippen molar-refractivity contribution in [3.8, 4) is 0 Å². The van der Waals surface area contributed by atoms with Crippen LogP contribution < -0.4 is 5.32 Å². The number of nitrogens with one attached hydrogen (secondary N) is 1. The van der Waals surface area contributed by atoms with Crippen molar-refractivity contribution in [3.05, 3.63) is 0 Å². The summed E-state index contributed by atoms with van der Waals surface area (Å²) in [6, 6.07) is 0.417. The molecule has 0 aromatic rings. The van der Waals surface area contributed by atoms with Gasteiger partial charge in [-0.3, -0.25) is 0 Å². The van der Waals surface area contributed by atoms with Crippen LogP contribution in [0.5, 0.6) is 0 Å². The maximum Gasteiger partial charge on any atom is 0.0610 e. The van der Waals surface area contributed by atoms with E-state index in [1.807, 2.05) is 0 Å². The second-order valence-electron chi connectivity index (χ2n) is 7.07. The molecule has 4 heteroatoms. The SMILES string of the molecule is CCN(CCCCC(C)(CO)NC(C)C)CCCN(C)C. The molecule has 0 rings (SSSR count). The molecule has 128 valence electrons. The highest BCUT2D eigenvalue weighted by Gasteiger charge is 2.23. The van der Waals surface area contributed by atoms with Gasteiger partial charge < -0.3 is 20.2 Å². The molecule has 0 amide bonds. The minimum absolute atomic E-state index is 0.129. The minimum Gasteiger partial charge on any atom is -0.394 e. The molecule has 4 nitrogen and oxygen atoms in total. The Morgan fingerprint density at radius 2 is 1.67 bits per heavy atom. The van der Waals surface area contributed by atoms with Gasteiger partial charge in [-0.15, -0.1) is 0 Å². The van der Waals surface area contributed by atoms with Crippen molar-refractivity contribution in [2.24, 2.45) is 0 Å². The molecule has 1 unspecified atom stereocenters. The zero-order valence-electron chi connectivity index (χ0n) is 15.3. The molecule has 0 aromatic carbocycles. The van der Waals surface area contributed by atoms with Gasteiger partial charge in [-0.1, -0.05) is 27.2 Å². The summed E-state index contributed by atoms with van der Waals surface area (Å²) in [5.41, 5.74) is -0.129. The van der Waals surface area contributed by atoms with Crippen LogP contribution in [0.15, 0.2) is 0 Å². The van der Waals surface area contributed by atoms with Crippen LogP contribution in [0, 0.1) is 0 Å². The zero-order valence-corrected chi connectivity index (χ0v) is 15.3. The lowest BCUT2D eigenvalue weighted by molar-refractivity contribution is 0.152. The van der Waals surface area contributed by atoms with Crippen LogP contribution >= 0.6 is 0 Å². The first-order chi connectivity index (χ1) is 9.83. The summed E-state index contributed by atoms with van der Waals surface area (Å²) in [6.45, 7) is 13.5. The van der Waals surface area contributed by atoms with Crippen molar-refractivity contribution in [1.82, 2.24) is 15.1 Å². The fraction of sp³-hybridized carbons (Fsp3) is 1.00. The van der Waals surface area contributed by atoms with Crippen LogP contribution in [0.1, 0.15) is 53.4 Å². The van der Waals surface area contributed by atoms with Gasteiger partial charge in [0.25, 0.3) is 0 Å². The van der Waals surface area contributed by atoms with Crippen LogP contribution in [0.2, 0.25) is 0 Å². The van der Waals surface area contributed by atoms with Gasteiger partial charge in [0.1, 0.15) is 0 Å². The predicted molar refractivity (Wildman–Crippen MR) is 92.9 cm³/mol. The maximum atomic E-state index is 9.58. The summed E-state index contributed by atoms with van der Waals surface area (Å²) in [4.78, 5) is 4.79. The molecule has 2 N–H and O–H groups in total. The number of aliphatic hydroxyl groups is 1. The first-order valence-electron chi connectivity index (χ1n) is 8.58. The van der Waals surface area contributed by atoms with Gasteiger partial charge in [0.05, 0.1) is 6.61 Å². The topological polar surface area (TPSA) is 38.7 Å². The summed E-state index contributed by atoms with van der Waals surface area (Å²) in [7, 11) is 4.27. The van der Waals surface area contributed by atoms with E-state index in [4.69, 9.17) is 0 Å². The molecule has 0 aliphatic carbocycles. The molecule has 0 aliphatic heterocycles. The zero-order chi connectivity index (χ0) is 16.3. The van der Waals surface area contributed by atoms with Crippen LogP contribution in [-0.2, 0) is 0 Å². The molecule has 0 heterocycles. The van der Waals surface area contributed by atoms with Crippen molar-refractivity contribution >= 4 is 0 Å². The van der Waals surface area contributed by atoms with E-state index in [2.05, 4.69) is 56.9 Å². The number of hydrogen-bond donors (Lipinski definition) is 2. The molecule has 0 radical (unpaired) electrons. The molecule has 0 bridgehead atoms. The third kappa shape index (κ3) is 11.1. The highest BCUT2D eigenvalue weighted by molar-refractivity contribution is 4.83. The Labute approximate surface area is 132 Å². The van der Waals surface area contributed by atoms with Crippen molar-refractivity contribution in [3.63, 3.8) is 0 Å². The van der Waals surface area contributed by atoms with E-state index in [0.29, 0.717) is 6.04 Å². The van der Waals surface area contributed by atoms with Gasteiger partial charge in [-0.25, -0.2) is 0 Å². The van der Waals surface area contributed by atoms with E-state index >= 15 is 0 Å². The minimum atomic E-state index is -0.129. The summed E-state index contributed by atoms with van der Waals surface area (Å²) >= 11 is 0. The summed E-state index contributed by atoms with van der Waals surface area (Å²) < 4.78 is 0. The van der Waals surface area contributed by atoms with Crippen molar-refractivity contribution in [2.45, 2.75) is 65.0 Å². The lowest BCUT2D eigenvalue weighted by Crippen LogP contribution is -2.49. The standard InChI is InChI=1S/C17H39N3O/c1-7-20(14-10-12-19(5)6)13-9-8-11-17(4,15-21)18-16(2)3/h16,18,21H,7-15H2,1-6H3. The summed E-state index contributed by atoms with van der Waals surface area (Å²) in [6.07, 6.45) is 4.66. The first kappa shape index (κ1) is 20.8. The van der Waals surface area contributed by atoms with Crippen molar-refractivity contribution in [1.29, 1.82) is 0 Å². The van der Waals surface area contributed by atoms with Gasteiger partial charge in [-0.2, -0.15) is 0 Å². The summed E-state index contributed by atoms with van der Waals surface area (Å²) in [5, 5.41) is 13.1. The van der Waals surface area contributed by atoms with Crippen molar-refractivity contribution < 1.29 is 5.11 Å². The van der Waals surface area contributed by atoms with E-state index in [1.165, 1.54) is 32.4 Å². The lowest BCUT2D eigenvalue weighted by Gasteiger charge is -2.31. The Morgan fingerprint density at radius 1 is 1.05 bits per heavy atom. The molecule has 0 saturated heterocycles. The Kier molecular flexibility index (Phi) is 11.3. The Hall–Kier alpha value is -0.160. The van der Waals surface area contributed by atoms with E-state index in [-0.39, 0.29) is 12.1 Å². The smallest absolute Gasteiger partial charge is 0.0610 e. The third-order valence-electron chi connectivity index (χ3n) is 3.97. The van der Waals surface area contributed by atoms with E-state index in [1.54, 1.807) is 0 Å². The van der Waals surface area contributed by atoms with E-state index in [9.17, 15) is 5.11 Å². The molecule has 0 spiro atoms. The largest absolute Gasteiger partial charge is 0.394 e. The van der Waals surface area contributed by atoms with E-state index in [0.717, 1.165) is 19.5 Å². The Bertz CT molecular complexity index is 246. The Balaban J connectivity index is 3.88. The average Bonchev–Trinajstić information content (AvgIpc) is 2.40. The van der Waals surface area contributed by atoms with Crippen LogP contribution in [0.25, 0.3) is 0 Å². The second kappa shape index (κ2) is 11.4. The molecular weight excluding hydrogens is 262 g/mol. The van der Waals surface area contributed by atoms with Gasteiger partial charge in [0.15, 0.2) is 0 Å². The van der Waals surface area contributed by atoms with Crippen LogP contribution in [0.3, 0.4) is 0 Å². The molecule has 21 heavy (non-hydrogen) atoms. The quantitative estimate of drug-likeness (QED) is 0.512. The lowest BCUT2D eigenvalue weighted by atomic mass is 9.94. The Morgan fingerprint density at radius 3 is 2.14 bits per heavy atom. The van der Waals surface area contributed by atoms with Gasteiger partial charge in [0, 0.05) is 11.6 Å². The third-order valence-corrected chi connectivity index (χ3v) is 3.97. The number of nitrogens with zero attached hydrogens (tertiary/aromatic N) is 2. The van der Waals surface area contributed by atoms with Gasteiger partial charge in [0.2, 0.25) is 0 Å². The summed E-state index contributed by atoms with van der Waals surface area (Å²) in [5.74, 6) is 0. The molecular formula is C17H39N3O.